The molecule has 0 atom stereocenters. The number of nitrogen functional groups attached to an aromatic ring is 1. The molecule has 0 aliphatic heterocycles. The molecule has 0 aliphatic rings. The second-order valence-corrected chi connectivity index (χ2v) is 6.42. The molecule has 1 aromatic heterocycles. The van der Waals surface area contributed by atoms with Crippen LogP contribution in [0, 0.1) is 44.1 Å². The van der Waals surface area contributed by atoms with Gasteiger partial charge in [-0.25, -0.2) is 4.79 Å². The summed E-state index contributed by atoms with van der Waals surface area (Å²) in [7, 11) is 1.31. The van der Waals surface area contributed by atoms with E-state index in [1.54, 1.807) is 30.3 Å². The molecule has 0 spiro atoms. The molecule has 9 nitrogen and oxygen atoms in total. The van der Waals surface area contributed by atoms with Gasteiger partial charge < -0.3 is 10.5 Å². The zero-order valence-corrected chi connectivity index (χ0v) is 15.7. The van der Waals surface area contributed by atoms with Crippen molar-refractivity contribution in [2.45, 2.75) is 0 Å². The molecular formula is C19H11N5O4S. The number of nitro benzene ring substituents is 1. The molecule has 0 saturated carbocycles. The first-order valence-electron chi connectivity index (χ1n) is 7.75. The number of anilines is 1. The lowest BCUT2D eigenvalue weighted by molar-refractivity contribution is -0.385. The molecule has 1 heterocycles. The zero-order chi connectivity index (χ0) is 21.6. The van der Waals surface area contributed by atoms with Crippen LogP contribution in [-0.2, 0) is 4.74 Å². The van der Waals surface area contributed by atoms with Crippen molar-refractivity contribution in [1.29, 1.82) is 15.8 Å². The van der Waals surface area contributed by atoms with E-state index >= 15 is 0 Å². The van der Waals surface area contributed by atoms with E-state index in [4.69, 9.17) is 21.5 Å². The van der Waals surface area contributed by atoms with E-state index in [0.717, 1.165) is 16.2 Å². The monoisotopic (exact) mass is 405 g/mol. The minimum Gasteiger partial charge on any atom is -0.465 e. The normalized spacial score (nSPS) is 9.31. The second-order valence-electron chi connectivity index (χ2n) is 5.37. The summed E-state index contributed by atoms with van der Waals surface area (Å²) < 4.78 is 5.45. The number of nitro groups is 1. The summed E-state index contributed by atoms with van der Waals surface area (Å²) in [6.45, 7) is 0. The molecule has 142 valence electrons. The maximum absolute atomic E-state index is 11.4. The Kier molecular flexibility index (Phi) is 6.44. The number of nitrogens with zero attached hydrogens (tertiary/aromatic N) is 4. The van der Waals surface area contributed by atoms with Gasteiger partial charge in [0.25, 0.3) is 5.69 Å². The number of carbonyl (C=O) groups excluding carboxylic acids is 1. The van der Waals surface area contributed by atoms with Gasteiger partial charge in [-0.1, -0.05) is 6.07 Å². The summed E-state index contributed by atoms with van der Waals surface area (Å²) in [6.07, 6.45) is 0. The maximum atomic E-state index is 11.4. The summed E-state index contributed by atoms with van der Waals surface area (Å²) >= 11 is 1.24. The van der Waals surface area contributed by atoms with Gasteiger partial charge in [0.05, 0.1) is 41.0 Å². The third-order valence-electron chi connectivity index (χ3n) is 3.67. The van der Waals surface area contributed by atoms with E-state index in [1.807, 2.05) is 6.07 Å². The van der Waals surface area contributed by atoms with Crippen molar-refractivity contribution >= 4 is 38.8 Å². The van der Waals surface area contributed by atoms with E-state index in [0.29, 0.717) is 16.1 Å². The topological polar surface area (TPSA) is 167 Å². The number of benzene rings is 2. The Balaban J connectivity index is 0.000000212. The van der Waals surface area contributed by atoms with Gasteiger partial charge in [0.1, 0.15) is 16.5 Å². The predicted octanol–water partition coefficient (Wildman–Crippen LogP) is 3.48. The van der Waals surface area contributed by atoms with Crippen molar-refractivity contribution in [2.24, 2.45) is 0 Å². The second kappa shape index (κ2) is 8.96. The third-order valence-corrected chi connectivity index (χ3v) is 4.82. The number of hydrogen-bond donors (Lipinski definition) is 1. The maximum Gasteiger partial charge on any atom is 0.350 e. The standard InChI is InChI=1S/C11H8N2O2S.C8H3N3O2/c1-15-11(14)10-9(13)7-3-2-6(5-12)4-8(7)16-10;9-4-6-1-2-7(5-10)8(3-6)11(12)13/h2-4H,13H2,1H3;1-3H. The molecule has 0 saturated heterocycles. The molecule has 0 radical (unpaired) electrons. The van der Waals surface area contributed by atoms with Crippen molar-refractivity contribution in [3.05, 3.63) is 68.1 Å². The van der Waals surface area contributed by atoms with Gasteiger partial charge in [-0.15, -0.1) is 11.3 Å². The van der Waals surface area contributed by atoms with Gasteiger partial charge >= 0.3 is 5.97 Å². The Morgan fingerprint density at radius 3 is 2.28 bits per heavy atom. The molecule has 0 fully saturated rings. The predicted molar refractivity (Wildman–Crippen MR) is 105 cm³/mol. The highest BCUT2D eigenvalue weighted by atomic mass is 32.1. The Labute approximate surface area is 168 Å². The summed E-state index contributed by atoms with van der Waals surface area (Å²) in [5.74, 6) is -0.447. The Hall–Kier alpha value is -4.46. The lowest BCUT2D eigenvalue weighted by Crippen LogP contribution is -2.01. The Morgan fingerprint density at radius 1 is 1.10 bits per heavy atom. The van der Waals surface area contributed by atoms with Crippen LogP contribution in [-0.4, -0.2) is 18.0 Å². The van der Waals surface area contributed by atoms with Crippen molar-refractivity contribution in [2.75, 3.05) is 12.8 Å². The average Bonchev–Trinajstić information content (AvgIpc) is 3.08. The number of methoxy groups -OCH3 is 1. The molecule has 2 N–H and O–H groups in total. The first-order valence-corrected chi connectivity index (χ1v) is 8.57. The molecule has 29 heavy (non-hydrogen) atoms. The van der Waals surface area contributed by atoms with Crippen molar-refractivity contribution in [3.63, 3.8) is 0 Å². The highest BCUT2D eigenvalue weighted by Gasteiger charge is 2.16. The van der Waals surface area contributed by atoms with Gasteiger partial charge in [-0.3, -0.25) is 10.1 Å². The van der Waals surface area contributed by atoms with Crippen molar-refractivity contribution in [3.8, 4) is 18.2 Å². The minimum atomic E-state index is -0.681. The van der Waals surface area contributed by atoms with E-state index in [1.165, 1.54) is 30.6 Å². The minimum absolute atomic E-state index is 0.0380. The average molecular weight is 405 g/mol. The van der Waals surface area contributed by atoms with E-state index in [9.17, 15) is 14.9 Å². The van der Waals surface area contributed by atoms with E-state index in [2.05, 4.69) is 4.74 Å². The molecule has 10 heteroatoms. The zero-order valence-electron chi connectivity index (χ0n) is 14.9. The fourth-order valence-electron chi connectivity index (χ4n) is 2.28. The molecule has 0 aliphatic carbocycles. The fraction of sp³-hybridized carbons (Fsp3) is 0.0526. The molecular weight excluding hydrogens is 394 g/mol. The highest BCUT2D eigenvalue weighted by molar-refractivity contribution is 7.21. The number of hydrogen-bond acceptors (Lipinski definition) is 9. The van der Waals surface area contributed by atoms with Crippen LogP contribution in [0.5, 0.6) is 0 Å². The van der Waals surface area contributed by atoms with Gasteiger partial charge in [-0.2, -0.15) is 15.8 Å². The van der Waals surface area contributed by atoms with Crippen LogP contribution in [0.25, 0.3) is 10.1 Å². The van der Waals surface area contributed by atoms with Crippen LogP contribution in [0.1, 0.15) is 26.4 Å². The number of esters is 1. The van der Waals surface area contributed by atoms with Crippen LogP contribution in [0.15, 0.2) is 36.4 Å². The first-order chi connectivity index (χ1) is 13.9. The van der Waals surface area contributed by atoms with E-state index < -0.39 is 10.9 Å². The molecule has 3 aromatic rings. The number of nitriles is 3. The van der Waals surface area contributed by atoms with Gasteiger partial charge in [-0.05, 0) is 24.3 Å². The fourth-order valence-corrected chi connectivity index (χ4v) is 3.36. The van der Waals surface area contributed by atoms with Gasteiger partial charge in [0, 0.05) is 16.2 Å². The number of rotatable bonds is 2. The molecule has 3 rings (SSSR count). The first kappa shape index (κ1) is 20.8. The van der Waals surface area contributed by atoms with Crippen LogP contribution >= 0.6 is 11.3 Å². The summed E-state index contributed by atoms with van der Waals surface area (Å²) in [5.41, 5.74) is 6.60. The number of carbonyl (C=O) groups is 1. The van der Waals surface area contributed by atoms with Crippen LogP contribution < -0.4 is 5.73 Å². The number of ether oxygens (including phenoxy) is 1. The lowest BCUT2D eigenvalue weighted by Gasteiger charge is -1.95. The number of fused-ring (bicyclic) bond motifs is 1. The Morgan fingerprint density at radius 2 is 1.72 bits per heavy atom. The lowest BCUT2D eigenvalue weighted by atomic mass is 10.1. The largest absolute Gasteiger partial charge is 0.465 e. The smallest absolute Gasteiger partial charge is 0.350 e. The number of thiophene rings is 1. The summed E-state index contributed by atoms with van der Waals surface area (Å²) in [4.78, 5) is 21.5. The summed E-state index contributed by atoms with van der Waals surface area (Å²) in [5, 5.41) is 36.9. The van der Waals surface area contributed by atoms with Crippen LogP contribution in [0.3, 0.4) is 0 Å². The van der Waals surface area contributed by atoms with Gasteiger partial charge in [0.2, 0.25) is 0 Å². The van der Waals surface area contributed by atoms with Crippen LogP contribution in [0.4, 0.5) is 11.4 Å². The molecule has 0 amide bonds. The highest BCUT2D eigenvalue weighted by Crippen LogP contribution is 2.34. The van der Waals surface area contributed by atoms with Crippen molar-refractivity contribution in [1.82, 2.24) is 0 Å². The SMILES string of the molecule is COC(=O)c1sc2cc(C#N)ccc2c1N.N#Cc1ccc(C#N)c([N+](=O)[O-])c1. The van der Waals surface area contributed by atoms with Crippen LogP contribution in [0.2, 0.25) is 0 Å². The Bertz CT molecular complexity index is 1240. The summed E-state index contributed by atoms with van der Waals surface area (Å²) in [6, 6.07) is 14.3. The quantitative estimate of drug-likeness (QED) is 0.384. The van der Waals surface area contributed by atoms with Crippen molar-refractivity contribution < 1.29 is 14.5 Å². The molecule has 0 bridgehead atoms. The van der Waals surface area contributed by atoms with E-state index in [-0.39, 0.29) is 16.8 Å². The van der Waals surface area contributed by atoms with Gasteiger partial charge in [0.15, 0.2) is 0 Å². The molecule has 2 aromatic carbocycles. The third kappa shape index (κ3) is 4.45. The number of nitrogens with two attached hydrogens (primary N) is 1. The molecule has 0 unspecified atom stereocenters.